The summed E-state index contributed by atoms with van der Waals surface area (Å²) >= 11 is 0. The maximum Gasteiger partial charge on any atom is 0.251 e. The van der Waals surface area contributed by atoms with E-state index in [0.717, 1.165) is 18.7 Å². The third-order valence-electron chi connectivity index (χ3n) is 3.82. The molecule has 0 aliphatic heterocycles. The average molecular weight is 347 g/mol. The van der Waals surface area contributed by atoms with Crippen molar-refractivity contribution in [2.45, 2.75) is 12.8 Å². The number of rotatable bonds is 8. The lowest BCUT2D eigenvalue weighted by molar-refractivity contribution is 0.0906. The lowest BCUT2D eigenvalue weighted by Crippen LogP contribution is -2.27. The molecule has 1 saturated carbocycles. The van der Waals surface area contributed by atoms with Crippen LogP contribution in [0, 0.1) is 17.6 Å². The van der Waals surface area contributed by atoms with Crippen LogP contribution in [0.1, 0.15) is 23.2 Å². The quantitative estimate of drug-likeness (QED) is 0.737. The topological polar surface area (TPSA) is 47.6 Å². The molecule has 1 aliphatic rings. The minimum absolute atomic E-state index is 0.0774. The molecular formula is C19H19F2NO3. The van der Waals surface area contributed by atoms with E-state index in [4.69, 9.17) is 9.47 Å². The molecule has 0 saturated heterocycles. The van der Waals surface area contributed by atoms with E-state index < -0.39 is 11.6 Å². The second-order valence-electron chi connectivity index (χ2n) is 5.98. The number of nitrogens with one attached hydrogen (secondary N) is 1. The van der Waals surface area contributed by atoms with Gasteiger partial charge in [0.15, 0.2) is 11.6 Å². The van der Waals surface area contributed by atoms with Gasteiger partial charge in [-0.2, -0.15) is 0 Å². The monoisotopic (exact) mass is 347 g/mol. The molecule has 0 bridgehead atoms. The van der Waals surface area contributed by atoms with Crippen molar-refractivity contribution in [3.8, 4) is 11.5 Å². The summed E-state index contributed by atoms with van der Waals surface area (Å²) in [5.41, 5.74) is 0.467. The van der Waals surface area contributed by atoms with E-state index in [1.807, 2.05) is 0 Å². The van der Waals surface area contributed by atoms with Gasteiger partial charge in [-0.05, 0) is 55.2 Å². The first kappa shape index (κ1) is 17.4. The fourth-order valence-electron chi connectivity index (χ4n) is 2.23. The molecule has 0 unspecified atom stereocenters. The third kappa shape index (κ3) is 5.26. The summed E-state index contributed by atoms with van der Waals surface area (Å²) in [5.74, 6) is -0.684. The first-order valence-corrected chi connectivity index (χ1v) is 8.21. The summed E-state index contributed by atoms with van der Waals surface area (Å²) in [6, 6.07) is 9.36. The minimum atomic E-state index is -0.784. The highest BCUT2D eigenvalue weighted by Gasteiger charge is 2.20. The fraction of sp³-hybridized carbons (Fsp3) is 0.316. The molecule has 1 N–H and O–H groups in total. The standard InChI is InChI=1S/C19H19F2NO3/c20-15-5-8-18(17(21)11-15)25-16-6-3-14(4-7-16)19(23)22-9-10-24-12-13-1-2-13/h3-8,11,13H,1-2,9-10,12H2,(H,22,23). The molecule has 6 heteroatoms. The second kappa shape index (κ2) is 8.07. The van der Waals surface area contributed by atoms with Gasteiger partial charge in [0.25, 0.3) is 5.91 Å². The van der Waals surface area contributed by atoms with Gasteiger partial charge in [0.2, 0.25) is 0 Å². The largest absolute Gasteiger partial charge is 0.454 e. The molecule has 1 fully saturated rings. The Labute approximate surface area is 144 Å². The predicted molar refractivity (Wildman–Crippen MR) is 88.8 cm³/mol. The molecule has 0 aromatic heterocycles. The Bertz CT molecular complexity index is 730. The van der Waals surface area contributed by atoms with Gasteiger partial charge >= 0.3 is 0 Å². The van der Waals surface area contributed by atoms with Gasteiger partial charge in [0, 0.05) is 24.8 Å². The molecule has 0 spiro atoms. The van der Waals surface area contributed by atoms with E-state index in [1.54, 1.807) is 24.3 Å². The van der Waals surface area contributed by atoms with Crippen molar-refractivity contribution < 1.29 is 23.0 Å². The fourth-order valence-corrected chi connectivity index (χ4v) is 2.23. The van der Waals surface area contributed by atoms with Gasteiger partial charge in [-0.25, -0.2) is 8.78 Å². The van der Waals surface area contributed by atoms with E-state index in [0.29, 0.717) is 30.4 Å². The zero-order chi connectivity index (χ0) is 17.6. The smallest absolute Gasteiger partial charge is 0.251 e. The van der Waals surface area contributed by atoms with Crippen molar-refractivity contribution in [3.63, 3.8) is 0 Å². The van der Waals surface area contributed by atoms with E-state index in [2.05, 4.69) is 5.32 Å². The molecule has 0 heterocycles. The van der Waals surface area contributed by atoms with Crippen molar-refractivity contribution in [2.24, 2.45) is 5.92 Å². The van der Waals surface area contributed by atoms with Gasteiger partial charge in [0.1, 0.15) is 11.6 Å². The first-order valence-electron chi connectivity index (χ1n) is 8.21. The van der Waals surface area contributed by atoms with Gasteiger partial charge in [-0.1, -0.05) is 0 Å². The second-order valence-corrected chi connectivity index (χ2v) is 5.98. The Morgan fingerprint density at radius 2 is 1.88 bits per heavy atom. The molecule has 4 nitrogen and oxygen atoms in total. The molecule has 2 aromatic rings. The van der Waals surface area contributed by atoms with Crippen LogP contribution < -0.4 is 10.1 Å². The lowest BCUT2D eigenvalue weighted by Gasteiger charge is -2.09. The minimum Gasteiger partial charge on any atom is -0.454 e. The van der Waals surface area contributed by atoms with Crippen molar-refractivity contribution in [1.82, 2.24) is 5.32 Å². The zero-order valence-electron chi connectivity index (χ0n) is 13.6. The molecular weight excluding hydrogens is 328 g/mol. The Balaban J connectivity index is 1.47. The highest BCUT2D eigenvalue weighted by atomic mass is 19.1. The van der Waals surface area contributed by atoms with Crippen LogP contribution in [-0.2, 0) is 4.74 Å². The van der Waals surface area contributed by atoms with Crippen LogP contribution in [0.15, 0.2) is 42.5 Å². The zero-order valence-corrected chi connectivity index (χ0v) is 13.6. The summed E-state index contributed by atoms with van der Waals surface area (Å²) < 4.78 is 37.2. The van der Waals surface area contributed by atoms with E-state index >= 15 is 0 Å². The van der Waals surface area contributed by atoms with Gasteiger partial charge in [-0.3, -0.25) is 4.79 Å². The van der Waals surface area contributed by atoms with Crippen LogP contribution in [0.2, 0.25) is 0 Å². The predicted octanol–water partition coefficient (Wildman–Crippen LogP) is 3.91. The van der Waals surface area contributed by atoms with Crippen LogP contribution in [0.3, 0.4) is 0 Å². The third-order valence-corrected chi connectivity index (χ3v) is 3.82. The number of hydrogen-bond donors (Lipinski definition) is 1. The number of amides is 1. The SMILES string of the molecule is O=C(NCCOCC1CC1)c1ccc(Oc2ccc(F)cc2F)cc1. The molecule has 132 valence electrons. The summed E-state index contributed by atoms with van der Waals surface area (Å²) in [5, 5.41) is 2.77. The van der Waals surface area contributed by atoms with Crippen LogP contribution in [0.5, 0.6) is 11.5 Å². The molecule has 0 radical (unpaired) electrons. The maximum absolute atomic E-state index is 13.6. The van der Waals surface area contributed by atoms with E-state index in [1.165, 1.54) is 18.9 Å². The number of hydrogen-bond acceptors (Lipinski definition) is 3. The maximum atomic E-state index is 13.6. The van der Waals surface area contributed by atoms with Crippen LogP contribution in [-0.4, -0.2) is 25.7 Å². The highest BCUT2D eigenvalue weighted by molar-refractivity contribution is 5.94. The van der Waals surface area contributed by atoms with Crippen molar-refractivity contribution in [2.75, 3.05) is 19.8 Å². The van der Waals surface area contributed by atoms with Gasteiger partial charge in [0.05, 0.1) is 6.61 Å². The Morgan fingerprint density at radius 3 is 2.56 bits per heavy atom. The molecule has 3 rings (SSSR count). The van der Waals surface area contributed by atoms with Crippen molar-refractivity contribution in [1.29, 1.82) is 0 Å². The Kier molecular flexibility index (Phi) is 5.60. The number of benzene rings is 2. The van der Waals surface area contributed by atoms with E-state index in [9.17, 15) is 13.6 Å². The van der Waals surface area contributed by atoms with Crippen molar-refractivity contribution in [3.05, 3.63) is 59.7 Å². The van der Waals surface area contributed by atoms with Crippen LogP contribution >= 0.6 is 0 Å². The number of halogens is 2. The van der Waals surface area contributed by atoms with Gasteiger partial charge in [-0.15, -0.1) is 0 Å². The van der Waals surface area contributed by atoms with Crippen LogP contribution in [0.25, 0.3) is 0 Å². The molecule has 0 atom stereocenters. The molecule has 25 heavy (non-hydrogen) atoms. The average Bonchev–Trinajstić information content (AvgIpc) is 3.42. The number of ether oxygens (including phenoxy) is 2. The van der Waals surface area contributed by atoms with Crippen LogP contribution in [0.4, 0.5) is 8.78 Å². The van der Waals surface area contributed by atoms with Gasteiger partial charge < -0.3 is 14.8 Å². The normalized spacial score (nSPS) is 13.5. The lowest BCUT2D eigenvalue weighted by atomic mass is 10.2. The summed E-state index contributed by atoms with van der Waals surface area (Å²) in [4.78, 5) is 12.0. The number of carbonyl (C=O) groups excluding carboxylic acids is 1. The number of carbonyl (C=O) groups is 1. The Hall–Kier alpha value is -2.47. The summed E-state index contributed by atoms with van der Waals surface area (Å²) in [6.07, 6.45) is 2.48. The molecule has 1 aliphatic carbocycles. The summed E-state index contributed by atoms with van der Waals surface area (Å²) in [7, 11) is 0. The Morgan fingerprint density at radius 1 is 1.12 bits per heavy atom. The first-order chi connectivity index (χ1) is 12.1. The van der Waals surface area contributed by atoms with E-state index in [-0.39, 0.29) is 11.7 Å². The highest BCUT2D eigenvalue weighted by Crippen LogP contribution is 2.28. The molecule has 1 amide bonds. The molecule has 2 aromatic carbocycles. The van der Waals surface area contributed by atoms with Crippen molar-refractivity contribution >= 4 is 5.91 Å². The summed E-state index contributed by atoms with van der Waals surface area (Å²) in [6.45, 7) is 1.71.